The molecule has 2 heterocycles. The van der Waals surface area contributed by atoms with E-state index in [1.54, 1.807) is 7.05 Å². The zero-order valence-corrected chi connectivity index (χ0v) is 12.7. The van der Waals surface area contributed by atoms with Gasteiger partial charge in [-0.2, -0.15) is 0 Å². The molecule has 1 aliphatic rings. The molecule has 1 aromatic heterocycles. The van der Waals surface area contributed by atoms with Gasteiger partial charge < -0.3 is 4.57 Å². The largest absolute Gasteiger partial charge is 0.324 e. The van der Waals surface area contributed by atoms with Gasteiger partial charge in [0, 0.05) is 19.6 Å². The standard InChI is InChI=1S/C11H19ClN4O2S/c1-3-16-6-4-5-9(16)7-14-19(17,18)11-10(12)15(2)8-13-11/h8-9,14H,3-7H2,1-2H3. The molecule has 0 amide bonds. The number of hydrogen-bond donors (Lipinski definition) is 1. The van der Waals surface area contributed by atoms with Gasteiger partial charge >= 0.3 is 0 Å². The molecule has 108 valence electrons. The summed E-state index contributed by atoms with van der Waals surface area (Å²) < 4.78 is 28.3. The molecule has 1 N–H and O–H groups in total. The molecule has 0 radical (unpaired) electrons. The molecule has 1 saturated heterocycles. The Bertz CT molecular complexity index is 543. The van der Waals surface area contributed by atoms with Crippen LogP contribution < -0.4 is 4.72 Å². The van der Waals surface area contributed by atoms with Gasteiger partial charge in [-0.15, -0.1) is 0 Å². The molecule has 8 heteroatoms. The molecule has 0 aromatic carbocycles. The quantitative estimate of drug-likeness (QED) is 0.875. The van der Waals surface area contributed by atoms with Crippen molar-refractivity contribution in [2.75, 3.05) is 19.6 Å². The lowest BCUT2D eigenvalue weighted by Gasteiger charge is -2.22. The maximum atomic E-state index is 12.1. The molecule has 0 spiro atoms. The van der Waals surface area contributed by atoms with E-state index in [0.29, 0.717) is 6.54 Å². The summed E-state index contributed by atoms with van der Waals surface area (Å²) in [5, 5.41) is 0.0315. The Hall–Kier alpha value is -0.630. The number of halogens is 1. The van der Waals surface area contributed by atoms with E-state index in [-0.39, 0.29) is 16.2 Å². The second-order valence-electron chi connectivity index (χ2n) is 4.73. The topological polar surface area (TPSA) is 67.2 Å². The summed E-state index contributed by atoms with van der Waals surface area (Å²) in [6.07, 6.45) is 3.53. The highest BCUT2D eigenvalue weighted by Crippen LogP contribution is 2.20. The predicted molar refractivity (Wildman–Crippen MR) is 73.7 cm³/mol. The van der Waals surface area contributed by atoms with Gasteiger partial charge in [0.2, 0.25) is 5.03 Å². The third-order valence-corrected chi connectivity index (χ3v) is 5.42. The molecule has 0 bridgehead atoms. The van der Waals surface area contributed by atoms with Crippen LogP contribution in [0.4, 0.5) is 0 Å². The number of hydrogen-bond acceptors (Lipinski definition) is 4. The van der Waals surface area contributed by atoms with E-state index in [4.69, 9.17) is 11.6 Å². The molecule has 0 saturated carbocycles. The van der Waals surface area contributed by atoms with Crippen molar-refractivity contribution >= 4 is 21.6 Å². The van der Waals surface area contributed by atoms with Crippen LogP contribution in [0.15, 0.2) is 11.4 Å². The number of nitrogens with one attached hydrogen (secondary N) is 1. The molecule has 0 aliphatic carbocycles. The zero-order valence-electron chi connectivity index (χ0n) is 11.1. The second-order valence-corrected chi connectivity index (χ2v) is 6.77. The number of nitrogens with zero attached hydrogens (tertiary/aromatic N) is 3. The van der Waals surface area contributed by atoms with Crippen LogP contribution in [0, 0.1) is 0 Å². The van der Waals surface area contributed by atoms with Gasteiger partial charge in [0.05, 0.1) is 6.33 Å². The van der Waals surface area contributed by atoms with Crippen molar-refractivity contribution in [3.05, 3.63) is 11.5 Å². The smallest absolute Gasteiger partial charge is 0.261 e. The average Bonchev–Trinajstić information content (AvgIpc) is 2.95. The van der Waals surface area contributed by atoms with Crippen LogP contribution in [0.5, 0.6) is 0 Å². The fourth-order valence-corrected chi connectivity index (χ4v) is 3.89. The number of aryl methyl sites for hydroxylation is 1. The normalized spacial score (nSPS) is 21.1. The van der Waals surface area contributed by atoms with Crippen LogP contribution in [0.25, 0.3) is 0 Å². The van der Waals surface area contributed by atoms with Gasteiger partial charge in [-0.05, 0) is 25.9 Å². The molecule has 1 unspecified atom stereocenters. The highest BCUT2D eigenvalue weighted by molar-refractivity contribution is 7.89. The molecular formula is C11H19ClN4O2S. The predicted octanol–water partition coefficient (Wildman–Crippen LogP) is 0.836. The van der Waals surface area contributed by atoms with Gasteiger partial charge in [-0.1, -0.05) is 18.5 Å². The van der Waals surface area contributed by atoms with E-state index >= 15 is 0 Å². The fraction of sp³-hybridized carbons (Fsp3) is 0.727. The number of aromatic nitrogens is 2. The molecule has 1 atom stereocenters. The first kappa shape index (κ1) is 14.8. The maximum absolute atomic E-state index is 12.1. The summed E-state index contributed by atoms with van der Waals surface area (Å²) in [6.45, 7) is 4.47. The lowest BCUT2D eigenvalue weighted by Crippen LogP contribution is -2.40. The number of imidazole rings is 1. The van der Waals surface area contributed by atoms with Crippen LogP contribution in [-0.4, -0.2) is 48.5 Å². The molecule has 19 heavy (non-hydrogen) atoms. The van der Waals surface area contributed by atoms with Gasteiger partial charge in [0.15, 0.2) is 0 Å². The molecule has 2 rings (SSSR count). The first-order valence-electron chi connectivity index (χ1n) is 6.36. The molecular weight excluding hydrogens is 288 g/mol. The monoisotopic (exact) mass is 306 g/mol. The Kier molecular flexibility index (Phi) is 4.50. The van der Waals surface area contributed by atoms with E-state index in [9.17, 15) is 8.42 Å². The van der Waals surface area contributed by atoms with Gasteiger partial charge in [-0.3, -0.25) is 4.90 Å². The third kappa shape index (κ3) is 3.10. The summed E-state index contributed by atoms with van der Waals surface area (Å²) in [5.41, 5.74) is 0. The van der Waals surface area contributed by atoms with Crippen LogP contribution in [-0.2, 0) is 17.1 Å². The number of likely N-dealkylation sites (N-methyl/N-ethyl adjacent to an activating group) is 1. The minimum atomic E-state index is -3.63. The van der Waals surface area contributed by atoms with Crippen molar-refractivity contribution in [3.63, 3.8) is 0 Å². The average molecular weight is 307 g/mol. The Morgan fingerprint density at radius 2 is 2.32 bits per heavy atom. The molecule has 1 aromatic rings. The summed E-state index contributed by atoms with van der Waals surface area (Å²) in [6, 6.07) is 0.266. The minimum absolute atomic E-state index is 0.0993. The van der Waals surface area contributed by atoms with E-state index in [0.717, 1.165) is 25.9 Å². The maximum Gasteiger partial charge on any atom is 0.261 e. The third-order valence-electron chi connectivity index (χ3n) is 3.50. The van der Waals surface area contributed by atoms with Crippen LogP contribution in [0.1, 0.15) is 19.8 Å². The Labute approximate surface area is 118 Å². The van der Waals surface area contributed by atoms with Crippen LogP contribution >= 0.6 is 11.6 Å². The summed E-state index contributed by atoms with van der Waals surface area (Å²) in [7, 11) is -1.97. The number of sulfonamides is 1. The Morgan fingerprint density at radius 3 is 2.89 bits per heavy atom. The summed E-state index contributed by atoms with van der Waals surface area (Å²) in [5.74, 6) is 0. The first-order chi connectivity index (χ1) is 8.95. The Morgan fingerprint density at radius 1 is 1.58 bits per heavy atom. The fourth-order valence-electron chi connectivity index (χ4n) is 2.39. The SMILES string of the molecule is CCN1CCCC1CNS(=O)(=O)c1ncn(C)c1Cl. The molecule has 1 aliphatic heterocycles. The van der Waals surface area contributed by atoms with Crippen molar-refractivity contribution in [3.8, 4) is 0 Å². The highest BCUT2D eigenvalue weighted by Gasteiger charge is 2.27. The van der Waals surface area contributed by atoms with Crippen LogP contribution in [0.2, 0.25) is 5.15 Å². The van der Waals surface area contributed by atoms with E-state index in [2.05, 4.69) is 21.5 Å². The van der Waals surface area contributed by atoms with E-state index in [1.807, 2.05) is 0 Å². The molecule has 1 fully saturated rings. The lowest BCUT2D eigenvalue weighted by molar-refractivity contribution is 0.268. The zero-order chi connectivity index (χ0) is 14.0. The summed E-state index contributed by atoms with van der Waals surface area (Å²) in [4.78, 5) is 6.12. The van der Waals surface area contributed by atoms with Crippen molar-refractivity contribution in [1.82, 2.24) is 19.2 Å². The van der Waals surface area contributed by atoms with Gasteiger partial charge in [0.1, 0.15) is 5.15 Å². The number of rotatable bonds is 5. The van der Waals surface area contributed by atoms with Crippen molar-refractivity contribution in [2.24, 2.45) is 7.05 Å². The van der Waals surface area contributed by atoms with Gasteiger partial charge in [0.25, 0.3) is 10.0 Å². The first-order valence-corrected chi connectivity index (χ1v) is 8.22. The van der Waals surface area contributed by atoms with Crippen LogP contribution in [0.3, 0.4) is 0 Å². The van der Waals surface area contributed by atoms with Crippen molar-refractivity contribution < 1.29 is 8.42 Å². The number of likely N-dealkylation sites (tertiary alicyclic amines) is 1. The van der Waals surface area contributed by atoms with Gasteiger partial charge in [-0.25, -0.2) is 18.1 Å². The highest BCUT2D eigenvalue weighted by atomic mass is 35.5. The van der Waals surface area contributed by atoms with Crippen molar-refractivity contribution in [2.45, 2.75) is 30.8 Å². The lowest BCUT2D eigenvalue weighted by atomic mass is 10.2. The molecule has 6 nitrogen and oxygen atoms in total. The van der Waals surface area contributed by atoms with E-state index < -0.39 is 10.0 Å². The minimum Gasteiger partial charge on any atom is -0.324 e. The summed E-state index contributed by atoms with van der Waals surface area (Å²) >= 11 is 5.92. The van der Waals surface area contributed by atoms with Crippen molar-refractivity contribution in [1.29, 1.82) is 0 Å². The van der Waals surface area contributed by atoms with E-state index in [1.165, 1.54) is 10.9 Å². The second kappa shape index (κ2) is 5.78. The Balaban J connectivity index is 2.04.